The first-order chi connectivity index (χ1) is 8.72. The average molecular weight is 253 g/mol. The Balaban J connectivity index is 1.91. The topological polar surface area (TPSA) is 29.5 Å². The largest absolute Gasteiger partial charge is 0.466 e. The number of esters is 1. The van der Waals surface area contributed by atoms with Gasteiger partial charge in [0.2, 0.25) is 0 Å². The highest BCUT2D eigenvalue weighted by Crippen LogP contribution is 2.36. The Hall–Kier alpha value is -0.570. The minimum Gasteiger partial charge on any atom is -0.466 e. The van der Waals surface area contributed by atoms with E-state index in [-0.39, 0.29) is 5.97 Å². The van der Waals surface area contributed by atoms with Crippen LogP contribution in [0.2, 0.25) is 0 Å². The molecule has 3 heteroatoms. The van der Waals surface area contributed by atoms with E-state index in [0.29, 0.717) is 19.1 Å². The van der Waals surface area contributed by atoms with Crippen LogP contribution in [0.4, 0.5) is 0 Å². The predicted octanol–water partition coefficient (Wildman–Crippen LogP) is 2.98. The van der Waals surface area contributed by atoms with E-state index >= 15 is 0 Å². The zero-order valence-electron chi connectivity index (χ0n) is 11.9. The van der Waals surface area contributed by atoms with Crippen LogP contribution in [0, 0.1) is 5.92 Å². The number of carbonyl (C=O) groups excluding carboxylic acids is 1. The van der Waals surface area contributed by atoms with Crippen molar-refractivity contribution in [2.24, 2.45) is 5.92 Å². The van der Waals surface area contributed by atoms with Gasteiger partial charge in [0.25, 0.3) is 0 Å². The van der Waals surface area contributed by atoms with Crippen molar-refractivity contribution >= 4 is 5.97 Å². The lowest BCUT2D eigenvalue weighted by Crippen LogP contribution is -2.51. The van der Waals surface area contributed by atoms with Crippen molar-refractivity contribution in [3.8, 4) is 0 Å². The summed E-state index contributed by atoms with van der Waals surface area (Å²) in [6.07, 6.45) is 8.74. The van der Waals surface area contributed by atoms with Gasteiger partial charge in [0.05, 0.1) is 13.0 Å². The summed E-state index contributed by atoms with van der Waals surface area (Å²) in [6.45, 7) is 5.73. The van der Waals surface area contributed by atoms with Gasteiger partial charge in [0, 0.05) is 12.1 Å². The number of nitrogens with zero attached hydrogens (tertiary/aromatic N) is 1. The first-order valence-electron chi connectivity index (χ1n) is 7.63. The molecule has 0 aromatic rings. The fourth-order valence-corrected chi connectivity index (χ4v) is 3.79. The average Bonchev–Trinajstić information content (AvgIpc) is 2.38. The standard InChI is InChI=1S/C15H27NO2/c1-3-18-15(17)11-12(2)16-10-6-8-13-7-4-5-9-14(13)16/h12-14H,3-11H2,1-2H3. The molecule has 0 radical (unpaired) electrons. The number of likely N-dealkylation sites (tertiary alicyclic amines) is 1. The second kappa shape index (κ2) is 6.55. The maximum atomic E-state index is 11.6. The Morgan fingerprint density at radius 1 is 1.28 bits per heavy atom. The summed E-state index contributed by atoms with van der Waals surface area (Å²) < 4.78 is 5.07. The number of hydrogen-bond acceptors (Lipinski definition) is 3. The van der Waals surface area contributed by atoms with Crippen molar-refractivity contribution in [3.05, 3.63) is 0 Å². The molecule has 0 aromatic heterocycles. The maximum Gasteiger partial charge on any atom is 0.307 e. The van der Waals surface area contributed by atoms with Gasteiger partial charge in [-0.05, 0) is 52.0 Å². The summed E-state index contributed by atoms with van der Waals surface area (Å²) >= 11 is 0. The van der Waals surface area contributed by atoms with E-state index in [1.807, 2.05) is 6.92 Å². The summed E-state index contributed by atoms with van der Waals surface area (Å²) in [5.74, 6) is 0.847. The SMILES string of the molecule is CCOC(=O)CC(C)N1CCCC2CCCCC21. The van der Waals surface area contributed by atoms with Crippen LogP contribution in [0.25, 0.3) is 0 Å². The summed E-state index contributed by atoms with van der Waals surface area (Å²) in [4.78, 5) is 14.2. The van der Waals surface area contributed by atoms with Crippen molar-refractivity contribution in [2.45, 2.75) is 70.9 Å². The highest BCUT2D eigenvalue weighted by atomic mass is 16.5. The zero-order valence-corrected chi connectivity index (χ0v) is 11.9. The summed E-state index contributed by atoms with van der Waals surface area (Å²) in [5.41, 5.74) is 0. The van der Waals surface area contributed by atoms with Gasteiger partial charge in [0.15, 0.2) is 0 Å². The van der Waals surface area contributed by atoms with Gasteiger partial charge in [-0.3, -0.25) is 9.69 Å². The molecule has 2 fully saturated rings. The fourth-order valence-electron chi connectivity index (χ4n) is 3.79. The molecule has 2 aliphatic rings. The summed E-state index contributed by atoms with van der Waals surface area (Å²) in [7, 11) is 0. The highest BCUT2D eigenvalue weighted by Gasteiger charge is 2.35. The predicted molar refractivity (Wildman–Crippen MR) is 72.4 cm³/mol. The van der Waals surface area contributed by atoms with Crippen LogP contribution in [0.3, 0.4) is 0 Å². The van der Waals surface area contributed by atoms with Crippen LogP contribution in [0.15, 0.2) is 0 Å². The Kier molecular flexibility index (Phi) is 5.04. The van der Waals surface area contributed by atoms with Crippen LogP contribution in [0.1, 0.15) is 58.8 Å². The normalized spacial score (nSPS) is 30.6. The van der Waals surface area contributed by atoms with Crippen LogP contribution in [-0.4, -0.2) is 36.1 Å². The molecule has 3 atom stereocenters. The second-order valence-corrected chi connectivity index (χ2v) is 5.85. The molecule has 0 N–H and O–H groups in total. The lowest BCUT2D eigenvalue weighted by molar-refractivity contribution is -0.145. The van der Waals surface area contributed by atoms with Crippen molar-refractivity contribution in [1.82, 2.24) is 4.90 Å². The molecule has 0 amide bonds. The lowest BCUT2D eigenvalue weighted by Gasteiger charge is -2.46. The van der Waals surface area contributed by atoms with Gasteiger partial charge in [-0.25, -0.2) is 0 Å². The number of hydrogen-bond donors (Lipinski definition) is 0. The number of rotatable bonds is 4. The number of piperidine rings is 1. The van der Waals surface area contributed by atoms with E-state index in [0.717, 1.165) is 12.0 Å². The number of fused-ring (bicyclic) bond motifs is 1. The zero-order chi connectivity index (χ0) is 13.0. The van der Waals surface area contributed by atoms with E-state index in [4.69, 9.17) is 4.74 Å². The highest BCUT2D eigenvalue weighted by molar-refractivity contribution is 5.70. The van der Waals surface area contributed by atoms with E-state index in [1.54, 1.807) is 0 Å². The third-order valence-electron chi connectivity index (χ3n) is 4.62. The second-order valence-electron chi connectivity index (χ2n) is 5.85. The Labute approximate surface area is 111 Å². The van der Waals surface area contributed by atoms with Crippen molar-refractivity contribution in [2.75, 3.05) is 13.2 Å². The molecule has 0 spiro atoms. The molecular weight excluding hydrogens is 226 g/mol. The van der Waals surface area contributed by atoms with Crippen molar-refractivity contribution in [1.29, 1.82) is 0 Å². The Morgan fingerprint density at radius 2 is 2.00 bits per heavy atom. The van der Waals surface area contributed by atoms with E-state index in [2.05, 4.69) is 11.8 Å². The quantitative estimate of drug-likeness (QED) is 0.721. The van der Waals surface area contributed by atoms with E-state index in [9.17, 15) is 4.79 Å². The number of carbonyl (C=O) groups is 1. The monoisotopic (exact) mass is 253 g/mol. The van der Waals surface area contributed by atoms with E-state index < -0.39 is 0 Å². The molecule has 1 aliphatic carbocycles. The van der Waals surface area contributed by atoms with Crippen LogP contribution >= 0.6 is 0 Å². The van der Waals surface area contributed by atoms with Gasteiger partial charge < -0.3 is 4.74 Å². The first-order valence-corrected chi connectivity index (χ1v) is 7.63. The molecular formula is C15H27NO2. The van der Waals surface area contributed by atoms with Crippen molar-refractivity contribution in [3.63, 3.8) is 0 Å². The molecule has 0 bridgehead atoms. The molecule has 0 aromatic carbocycles. The van der Waals surface area contributed by atoms with Crippen LogP contribution in [0.5, 0.6) is 0 Å². The van der Waals surface area contributed by atoms with Gasteiger partial charge in [0.1, 0.15) is 0 Å². The number of ether oxygens (including phenoxy) is 1. The van der Waals surface area contributed by atoms with E-state index in [1.165, 1.54) is 45.1 Å². The van der Waals surface area contributed by atoms with Gasteiger partial charge in [-0.15, -0.1) is 0 Å². The van der Waals surface area contributed by atoms with Crippen LogP contribution in [-0.2, 0) is 9.53 Å². The Morgan fingerprint density at radius 3 is 2.78 bits per heavy atom. The Bertz CT molecular complexity index is 278. The summed E-state index contributed by atoms with van der Waals surface area (Å²) in [5, 5.41) is 0. The minimum absolute atomic E-state index is 0.0390. The van der Waals surface area contributed by atoms with Gasteiger partial charge >= 0.3 is 5.97 Å². The van der Waals surface area contributed by atoms with Gasteiger partial charge in [-0.1, -0.05) is 12.8 Å². The lowest BCUT2D eigenvalue weighted by atomic mass is 9.77. The van der Waals surface area contributed by atoms with Gasteiger partial charge in [-0.2, -0.15) is 0 Å². The molecule has 1 heterocycles. The maximum absolute atomic E-state index is 11.6. The molecule has 104 valence electrons. The third-order valence-corrected chi connectivity index (χ3v) is 4.62. The first kappa shape index (κ1) is 13.9. The minimum atomic E-state index is -0.0390. The molecule has 18 heavy (non-hydrogen) atoms. The molecule has 1 aliphatic heterocycles. The van der Waals surface area contributed by atoms with Crippen molar-refractivity contribution < 1.29 is 9.53 Å². The summed E-state index contributed by atoms with van der Waals surface area (Å²) in [6, 6.07) is 1.08. The molecule has 1 saturated carbocycles. The molecule has 3 unspecified atom stereocenters. The fraction of sp³-hybridized carbons (Fsp3) is 0.933. The third kappa shape index (κ3) is 3.25. The molecule has 2 rings (SSSR count). The molecule has 1 saturated heterocycles. The molecule has 3 nitrogen and oxygen atoms in total. The van der Waals surface area contributed by atoms with Crippen LogP contribution < -0.4 is 0 Å². The smallest absolute Gasteiger partial charge is 0.307 e.